The van der Waals surface area contributed by atoms with E-state index in [-0.39, 0.29) is 41.3 Å². The molecule has 0 spiro atoms. The molecule has 1 heterocycles. The maximum atomic E-state index is 12.6. The van der Waals surface area contributed by atoms with Gasteiger partial charge in [0, 0.05) is 5.56 Å². The summed E-state index contributed by atoms with van der Waals surface area (Å²) < 4.78 is 5.04. The maximum Gasteiger partial charge on any atom is 0.326 e. The zero-order valence-electron chi connectivity index (χ0n) is 15.6. The van der Waals surface area contributed by atoms with Crippen molar-refractivity contribution in [3.8, 4) is 0 Å². The van der Waals surface area contributed by atoms with Gasteiger partial charge in [0.2, 0.25) is 11.8 Å². The van der Waals surface area contributed by atoms with Crippen LogP contribution in [0.1, 0.15) is 40.7 Å². The van der Waals surface area contributed by atoms with Crippen molar-refractivity contribution in [1.82, 2.24) is 4.90 Å². The zero-order valence-corrected chi connectivity index (χ0v) is 15.6. The van der Waals surface area contributed by atoms with E-state index < -0.39 is 19.1 Å². The minimum Gasteiger partial charge on any atom is -0.456 e. The number of Topliss-reactive ketones (excluding diaryl/α,β-unsaturated/α-hetero) is 1. The van der Waals surface area contributed by atoms with Crippen LogP contribution in [0.5, 0.6) is 0 Å². The molecule has 0 unspecified atom stereocenters. The van der Waals surface area contributed by atoms with Crippen molar-refractivity contribution in [2.75, 3.05) is 13.2 Å². The fourth-order valence-electron chi connectivity index (χ4n) is 4.95. The third-order valence-electron chi connectivity index (χ3n) is 6.50. The van der Waals surface area contributed by atoms with E-state index in [2.05, 4.69) is 0 Å². The number of esters is 1. The van der Waals surface area contributed by atoms with Gasteiger partial charge in [-0.05, 0) is 62.1 Å². The Labute approximate surface area is 157 Å². The van der Waals surface area contributed by atoms with Gasteiger partial charge in [-0.25, -0.2) is 0 Å². The number of rotatable bonds is 5. The second-order valence-electron chi connectivity index (χ2n) is 8.03. The van der Waals surface area contributed by atoms with E-state index in [1.54, 1.807) is 12.1 Å². The predicted molar refractivity (Wildman–Crippen MR) is 95.7 cm³/mol. The Morgan fingerprint density at radius 1 is 1.04 bits per heavy atom. The summed E-state index contributed by atoms with van der Waals surface area (Å²) in [7, 11) is 0. The number of aryl methyl sites for hydroxylation is 2. The highest BCUT2D eigenvalue weighted by Crippen LogP contribution is 2.56. The Balaban J connectivity index is 1.34. The van der Waals surface area contributed by atoms with Gasteiger partial charge in [0.15, 0.2) is 12.4 Å². The first-order valence-electron chi connectivity index (χ1n) is 9.48. The molecule has 3 aliphatic rings. The van der Waals surface area contributed by atoms with Crippen molar-refractivity contribution in [2.45, 2.75) is 33.1 Å². The lowest BCUT2D eigenvalue weighted by Crippen LogP contribution is -2.38. The minimum absolute atomic E-state index is 0.241. The van der Waals surface area contributed by atoms with Gasteiger partial charge in [-0.3, -0.25) is 24.1 Å². The number of carbonyl (C=O) groups is 4. The molecule has 1 aromatic carbocycles. The SMILES string of the molecule is Cc1ccc(C(=O)COC(=O)CN2C(=O)[C@H]3[C@@H]4CC[C@@H](C4)[C@@H]3C2=O)cc1C. The minimum atomic E-state index is -0.721. The molecule has 0 N–H and O–H groups in total. The highest BCUT2D eigenvalue weighted by atomic mass is 16.5. The molecule has 3 fully saturated rings. The van der Waals surface area contributed by atoms with Crippen LogP contribution in [0.3, 0.4) is 0 Å². The molecule has 1 aliphatic heterocycles. The molecule has 27 heavy (non-hydrogen) atoms. The first-order valence-corrected chi connectivity index (χ1v) is 9.48. The number of ketones is 1. The van der Waals surface area contributed by atoms with Crippen molar-refractivity contribution in [1.29, 1.82) is 0 Å². The zero-order chi connectivity index (χ0) is 19.3. The number of imide groups is 1. The number of fused-ring (bicyclic) bond motifs is 5. The molecule has 4 atom stereocenters. The molecule has 0 aromatic heterocycles. The Bertz CT molecular complexity index is 817. The summed E-state index contributed by atoms with van der Waals surface area (Å²) in [6.07, 6.45) is 2.94. The number of amides is 2. The second kappa shape index (κ2) is 6.59. The van der Waals surface area contributed by atoms with Crippen molar-refractivity contribution in [3.05, 3.63) is 34.9 Å². The van der Waals surface area contributed by atoms with E-state index in [1.165, 1.54) is 0 Å². The van der Waals surface area contributed by atoms with E-state index >= 15 is 0 Å². The standard InChI is InChI=1S/C21H23NO5/c1-11-3-4-13(7-12(11)2)16(23)10-27-17(24)9-22-20(25)18-14-5-6-15(8-14)19(18)21(22)26/h3-4,7,14-15,18-19H,5-6,8-10H2,1-2H3/t14-,15+,18-,19-/m0/s1. The molecular formula is C21H23NO5. The van der Waals surface area contributed by atoms with E-state index in [4.69, 9.17) is 4.74 Å². The summed E-state index contributed by atoms with van der Waals surface area (Å²) in [5.41, 5.74) is 2.54. The van der Waals surface area contributed by atoms with Gasteiger partial charge in [-0.1, -0.05) is 12.1 Å². The van der Waals surface area contributed by atoms with Crippen molar-refractivity contribution in [2.24, 2.45) is 23.7 Å². The number of ether oxygens (including phenoxy) is 1. The summed E-state index contributed by atoms with van der Waals surface area (Å²) in [5.74, 6) is -1.44. The Morgan fingerprint density at radius 3 is 2.26 bits per heavy atom. The van der Waals surface area contributed by atoms with Crippen molar-refractivity contribution >= 4 is 23.6 Å². The molecule has 6 heteroatoms. The van der Waals surface area contributed by atoms with Gasteiger partial charge in [0.05, 0.1) is 11.8 Å². The van der Waals surface area contributed by atoms with Crippen LogP contribution in [-0.4, -0.2) is 41.6 Å². The predicted octanol–water partition coefficient (Wildman–Crippen LogP) is 2.06. The lowest BCUT2D eigenvalue weighted by Gasteiger charge is -2.19. The van der Waals surface area contributed by atoms with Crippen LogP contribution in [-0.2, 0) is 19.1 Å². The normalized spacial score (nSPS) is 28.6. The molecule has 6 nitrogen and oxygen atoms in total. The van der Waals surface area contributed by atoms with Crippen LogP contribution in [0.4, 0.5) is 0 Å². The fraction of sp³-hybridized carbons (Fsp3) is 0.524. The van der Waals surface area contributed by atoms with Crippen LogP contribution >= 0.6 is 0 Å². The van der Waals surface area contributed by atoms with Crippen LogP contribution in [0.25, 0.3) is 0 Å². The quantitative estimate of drug-likeness (QED) is 0.451. The number of carbonyl (C=O) groups excluding carboxylic acids is 4. The largest absolute Gasteiger partial charge is 0.456 e. The average Bonchev–Trinajstić information content (AvgIpc) is 3.32. The lowest BCUT2D eigenvalue weighted by atomic mass is 9.81. The van der Waals surface area contributed by atoms with Gasteiger partial charge in [-0.2, -0.15) is 0 Å². The second-order valence-corrected chi connectivity index (χ2v) is 8.03. The van der Waals surface area contributed by atoms with Gasteiger partial charge in [0.1, 0.15) is 6.54 Å². The number of benzene rings is 1. The number of likely N-dealkylation sites (tertiary alicyclic amines) is 1. The number of hydrogen-bond acceptors (Lipinski definition) is 5. The molecule has 0 radical (unpaired) electrons. The summed E-state index contributed by atoms with van der Waals surface area (Å²) in [5, 5.41) is 0. The third-order valence-corrected chi connectivity index (χ3v) is 6.50. The Hall–Kier alpha value is -2.50. The first kappa shape index (κ1) is 17.9. The summed E-state index contributed by atoms with van der Waals surface area (Å²) in [6.45, 7) is 3.07. The lowest BCUT2D eigenvalue weighted by molar-refractivity contribution is -0.152. The molecule has 142 valence electrons. The van der Waals surface area contributed by atoms with E-state index in [9.17, 15) is 19.2 Å². The fourth-order valence-corrected chi connectivity index (χ4v) is 4.95. The first-order chi connectivity index (χ1) is 12.9. The Morgan fingerprint density at radius 2 is 1.67 bits per heavy atom. The highest BCUT2D eigenvalue weighted by Gasteiger charge is 2.61. The monoisotopic (exact) mass is 369 g/mol. The van der Waals surface area contributed by atoms with Crippen LogP contribution in [0.2, 0.25) is 0 Å². The molecule has 1 aromatic rings. The van der Waals surface area contributed by atoms with E-state index in [0.717, 1.165) is 35.3 Å². The summed E-state index contributed by atoms with van der Waals surface area (Å²) >= 11 is 0. The van der Waals surface area contributed by atoms with Gasteiger partial charge in [0.25, 0.3) is 0 Å². The topological polar surface area (TPSA) is 80.8 Å². The van der Waals surface area contributed by atoms with Crippen LogP contribution < -0.4 is 0 Å². The molecule has 4 rings (SSSR count). The van der Waals surface area contributed by atoms with E-state index in [0.29, 0.717) is 5.56 Å². The van der Waals surface area contributed by atoms with Crippen LogP contribution in [0, 0.1) is 37.5 Å². The van der Waals surface area contributed by atoms with E-state index in [1.807, 2.05) is 19.9 Å². The molecule has 2 amide bonds. The molecule has 2 saturated carbocycles. The molecule has 2 bridgehead atoms. The molecule has 2 aliphatic carbocycles. The smallest absolute Gasteiger partial charge is 0.326 e. The van der Waals surface area contributed by atoms with Gasteiger partial charge in [-0.15, -0.1) is 0 Å². The Kier molecular flexibility index (Phi) is 4.36. The molecule has 1 saturated heterocycles. The highest BCUT2D eigenvalue weighted by molar-refractivity contribution is 6.08. The number of hydrogen-bond donors (Lipinski definition) is 0. The summed E-state index contributed by atoms with van der Waals surface area (Å²) in [4.78, 5) is 50.5. The molecular weight excluding hydrogens is 346 g/mol. The van der Waals surface area contributed by atoms with Crippen molar-refractivity contribution in [3.63, 3.8) is 0 Å². The summed E-state index contributed by atoms with van der Waals surface area (Å²) in [6, 6.07) is 5.30. The average molecular weight is 369 g/mol. The van der Waals surface area contributed by atoms with Crippen molar-refractivity contribution < 1.29 is 23.9 Å². The maximum absolute atomic E-state index is 12.6. The van der Waals surface area contributed by atoms with Crippen LogP contribution in [0.15, 0.2) is 18.2 Å². The van der Waals surface area contributed by atoms with Gasteiger partial charge < -0.3 is 4.74 Å². The third kappa shape index (κ3) is 2.97. The van der Waals surface area contributed by atoms with Gasteiger partial charge >= 0.3 is 5.97 Å². The number of nitrogens with zero attached hydrogens (tertiary/aromatic N) is 1.